The van der Waals surface area contributed by atoms with Crippen LogP contribution in [0.3, 0.4) is 0 Å². The summed E-state index contributed by atoms with van der Waals surface area (Å²) >= 11 is 1.78. The van der Waals surface area contributed by atoms with Gasteiger partial charge in [-0.25, -0.2) is 9.97 Å². The van der Waals surface area contributed by atoms with Crippen molar-refractivity contribution in [3.05, 3.63) is 69.7 Å². The van der Waals surface area contributed by atoms with Gasteiger partial charge in [0, 0.05) is 26.2 Å². The lowest BCUT2D eigenvalue weighted by Gasteiger charge is -2.37. The molecule has 1 N–H and O–H groups in total. The Morgan fingerprint density at radius 1 is 1.00 bits per heavy atom. The molecule has 6 nitrogen and oxygen atoms in total. The first-order valence-electron chi connectivity index (χ1n) is 9.97. The number of para-hydroxylation sites is 2. The highest BCUT2D eigenvalue weighted by Gasteiger charge is 2.24. The van der Waals surface area contributed by atoms with E-state index in [2.05, 4.69) is 39.9 Å². The third-order valence-corrected chi connectivity index (χ3v) is 6.70. The summed E-state index contributed by atoms with van der Waals surface area (Å²) in [6.45, 7) is 6.88. The quantitative estimate of drug-likeness (QED) is 0.564. The third kappa shape index (κ3) is 3.69. The molecule has 1 fully saturated rings. The standard InChI is InChI=1S/C22H23N5OS/c1-15(21-24-17-7-3-2-6-16(17)22(28)25-21)27-12-10-26(11-13-27)14-20-23-18-8-4-5-9-19(18)29-20/h2-9,15H,10-14H2,1H3,(H,24,25,28)/t15-/m1/s1. The summed E-state index contributed by atoms with van der Waals surface area (Å²) in [7, 11) is 0. The Labute approximate surface area is 172 Å². The van der Waals surface area contributed by atoms with Crippen molar-refractivity contribution < 1.29 is 0 Å². The Morgan fingerprint density at radius 3 is 2.52 bits per heavy atom. The highest BCUT2D eigenvalue weighted by molar-refractivity contribution is 7.18. The number of fused-ring (bicyclic) bond motifs is 2. The highest BCUT2D eigenvalue weighted by atomic mass is 32.1. The van der Waals surface area contributed by atoms with E-state index in [0.717, 1.165) is 49.6 Å². The van der Waals surface area contributed by atoms with Crippen LogP contribution < -0.4 is 5.56 Å². The second-order valence-electron chi connectivity index (χ2n) is 7.53. The molecule has 0 saturated carbocycles. The predicted molar refractivity (Wildman–Crippen MR) is 117 cm³/mol. The minimum absolute atomic E-state index is 0.0630. The molecule has 1 atom stereocenters. The van der Waals surface area contributed by atoms with Gasteiger partial charge in [0.15, 0.2) is 0 Å². The van der Waals surface area contributed by atoms with Crippen LogP contribution in [-0.2, 0) is 6.54 Å². The van der Waals surface area contributed by atoms with Gasteiger partial charge in [-0.05, 0) is 31.2 Å². The summed E-state index contributed by atoms with van der Waals surface area (Å²) in [5.41, 5.74) is 1.78. The van der Waals surface area contributed by atoms with Crippen LogP contribution in [0.4, 0.5) is 0 Å². The number of hydrogen-bond acceptors (Lipinski definition) is 6. The van der Waals surface area contributed by atoms with Gasteiger partial charge in [0.05, 0.1) is 33.7 Å². The number of nitrogens with one attached hydrogen (secondary N) is 1. The first-order valence-corrected chi connectivity index (χ1v) is 10.8. The zero-order valence-electron chi connectivity index (χ0n) is 16.3. The van der Waals surface area contributed by atoms with Gasteiger partial charge < -0.3 is 4.98 Å². The van der Waals surface area contributed by atoms with Gasteiger partial charge in [-0.3, -0.25) is 14.6 Å². The summed E-state index contributed by atoms with van der Waals surface area (Å²) in [6.07, 6.45) is 0. The van der Waals surface area contributed by atoms with Crippen molar-refractivity contribution in [3.8, 4) is 0 Å². The van der Waals surface area contributed by atoms with Crippen LogP contribution in [0.1, 0.15) is 23.8 Å². The minimum atomic E-state index is -0.0630. The number of nitrogens with zero attached hydrogens (tertiary/aromatic N) is 4. The van der Waals surface area contributed by atoms with Crippen LogP contribution >= 0.6 is 11.3 Å². The predicted octanol–water partition coefficient (Wildman–Crippen LogP) is 3.41. The molecular formula is C22H23N5OS. The van der Waals surface area contributed by atoms with Crippen molar-refractivity contribution in [3.63, 3.8) is 0 Å². The number of aromatic nitrogens is 3. The monoisotopic (exact) mass is 405 g/mol. The lowest BCUT2D eigenvalue weighted by molar-refractivity contribution is 0.0948. The number of hydrogen-bond donors (Lipinski definition) is 1. The van der Waals surface area contributed by atoms with Gasteiger partial charge in [0.25, 0.3) is 5.56 Å². The van der Waals surface area contributed by atoms with Crippen LogP contribution in [0, 0.1) is 0 Å². The molecule has 0 radical (unpaired) electrons. The molecule has 29 heavy (non-hydrogen) atoms. The van der Waals surface area contributed by atoms with Crippen molar-refractivity contribution in [1.29, 1.82) is 0 Å². The Hall–Kier alpha value is -2.61. The Balaban J connectivity index is 1.26. The maximum atomic E-state index is 12.4. The highest BCUT2D eigenvalue weighted by Crippen LogP contribution is 2.24. The fourth-order valence-electron chi connectivity index (χ4n) is 3.96. The third-order valence-electron chi connectivity index (χ3n) is 5.68. The van der Waals surface area contributed by atoms with Crippen LogP contribution in [0.15, 0.2) is 53.3 Å². The topological polar surface area (TPSA) is 65.1 Å². The summed E-state index contributed by atoms with van der Waals surface area (Å²) < 4.78 is 1.25. The van der Waals surface area contributed by atoms with Crippen LogP contribution in [0.25, 0.3) is 21.1 Å². The average molecular weight is 406 g/mol. The molecule has 0 amide bonds. The fraction of sp³-hybridized carbons (Fsp3) is 0.318. The molecule has 0 unspecified atom stereocenters. The molecule has 0 bridgehead atoms. The zero-order chi connectivity index (χ0) is 19.8. The minimum Gasteiger partial charge on any atom is -0.309 e. The fourth-order valence-corrected chi connectivity index (χ4v) is 4.97. The second kappa shape index (κ2) is 7.67. The molecule has 5 rings (SSSR count). The molecule has 1 aliphatic rings. The van der Waals surface area contributed by atoms with Gasteiger partial charge in [0.1, 0.15) is 10.8 Å². The molecular weight excluding hydrogens is 382 g/mol. The van der Waals surface area contributed by atoms with E-state index in [1.807, 2.05) is 30.3 Å². The Bertz CT molecular complexity index is 1180. The number of piperazine rings is 1. The number of thiazole rings is 1. The van der Waals surface area contributed by atoms with Crippen molar-refractivity contribution in [1.82, 2.24) is 24.8 Å². The lowest BCUT2D eigenvalue weighted by Crippen LogP contribution is -2.47. The molecule has 7 heteroatoms. The van der Waals surface area contributed by atoms with E-state index in [1.54, 1.807) is 11.3 Å². The number of H-pyrrole nitrogens is 1. The average Bonchev–Trinajstić information content (AvgIpc) is 3.16. The summed E-state index contributed by atoms with van der Waals surface area (Å²) in [5, 5.41) is 1.82. The molecule has 0 aliphatic carbocycles. The van der Waals surface area contributed by atoms with Crippen molar-refractivity contribution >= 4 is 32.5 Å². The number of aromatic amines is 1. The van der Waals surface area contributed by atoms with Crippen molar-refractivity contribution in [2.45, 2.75) is 19.5 Å². The van der Waals surface area contributed by atoms with Crippen LogP contribution in [0.5, 0.6) is 0 Å². The molecule has 0 spiro atoms. The van der Waals surface area contributed by atoms with E-state index < -0.39 is 0 Å². The van der Waals surface area contributed by atoms with Gasteiger partial charge in [-0.1, -0.05) is 24.3 Å². The summed E-state index contributed by atoms with van der Waals surface area (Å²) in [4.78, 5) is 29.7. The number of rotatable bonds is 4. The Kier molecular flexibility index (Phi) is 4.87. The molecule has 1 saturated heterocycles. The molecule has 148 valence electrons. The first-order chi connectivity index (χ1) is 14.2. The Morgan fingerprint density at radius 2 is 1.72 bits per heavy atom. The van der Waals surface area contributed by atoms with Crippen LogP contribution in [-0.4, -0.2) is 50.9 Å². The van der Waals surface area contributed by atoms with E-state index in [0.29, 0.717) is 5.39 Å². The first kappa shape index (κ1) is 18.4. The molecule has 1 aliphatic heterocycles. The molecule has 2 aromatic heterocycles. The van der Waals surface area contributed by atoms with E-state index in [-0.39, 0.29) is 11.6 Å². The van der Waals surface area contributed by atoms with Gasteiger partial charge in [-0.2, -0.15) is 0 Å². The van der Waals surface area contributed by atoms with Gasteiger partial charge in [0.2, 0.25) is 0 Å². The largest absolute Gasteiger partial charge is 0.309 e. The lowest BCUT2D eigenvalue weighted by atomic mass is 10.2. The molecule has 2 aromatic carbocycles. The van der Waals surface area contributed by atoms with E-state index in [9.17, 15) is 4.79 Å². The van der Waals surface area contributed by atoms with E-state index in [1.165, 1.54) is 9.71 Å². The SMILES string of the molecule is C[C@H](c1nc2ccccc2c(=O)[nH]1)N1CCN(Cc2nc3ccccc3s2)CC1. The maximum absolute atomic E-state index is 12.4. The molecule has 4 aromatic rings. The molecule has 3 heterocycles. The van der Waals surface area contributed by atoms with Gasteiger partial charge >= 0.3 is 0 Å². The number of benzene rings is 2. The zero-order valence-corrected chi connectivity index (χ0v) is 17.2. The normalized spacial score (nSPS) is 17.1. The van der Waals surface area contributed by atoms with E-state index in [4.69, 9.17) is 9.97 Å². The second-order valence-corrected chi connectivity index (χ2v) is 8.65. The van der Waals surface area contributed by atoms with Crippen molar-refractivity contribution in [2.75, 3.05) is 26.2 Å². The van der Waals surface area contributed by atoms with E-state index >= 15 is 0 Å². The van der Waals surface area contributed by atoms with Crippen LogP contribution in [0.2, 0.25) is 0 Å². The van der Waals surface area contributed by atoms with Crippen molar-refractivity contribution in [2.24, 2.45) is 0 Å². The summed E-state index contributed by atoms with van der Waals surface area (Å²) in [6, 6.07) is 15.9. The smallest absolute Gasteiger partial charge is 0.258 e. The van der Waals surface area contributed by atoms with Gasteiger partial charge in [-0.15, -0.1) is 11.3 Å². The maximum Gasteiger partial charge on any atom is 0.258 e. The summed E-state index contributed by atoms with van der Waals surface area (Å²) in [5.74, 6) is 0.744.